The van der Waals surface area contributed by atoms with Gasteiger partial charge >= 0.3 is 0 Å². The van der Waals surface area contributed by atoms with Gasteiger partial charge in [-0.05, 0) is 101 Å². The third kappa shape index (κ3) is 4.84. The van der Waals surface area contributed by atoms with Gasteiger partial charge in [0.05, 0.1) is 22.1 Å². The topological polar surface area (TPSA) is 4.93 Å². The number of nitrogens with zero attached hydrogens (tertiary/aromatic N) is 1. The molecule has 66 heavy (non-hydrogen) atoms. The van der Waals surface area contributed by atoms with Crippen molar-refractivity contribution in [1.29, 1.82) is 0 Å². The molecular formula is C65H45N. The average Bonchev–Trinajstić information content (AvgIpc) is 3.96. The number of benzene rings is 10. The van der Waals surface area contributed by atoms with Crippen LogP contribution in [0.25, 0.3) is 72.0 Å². The van der Waals surface area contributed by atoms with Crippen molar-refractivity contribution in [2.75, 3.05) is 0 Å². The molecule has 3 aliphatic rings. The Morgan fingerprint density at radius 1 is 0.364 bits per heavy atom. The lowest BCUT2D eigenvalue weighted by molar-refractivity contribution is 0.659. The molecule has 0 fully saturated rings. The Morgan fingerprint density at radius 3 is 1.67 bits per heavy atom. The van der Waals surface area contributed by atoms with Crippen molar-refractivity contribution >= 4 is 21.8 Å². The molecule has 1 aliphatic heterocycles. The van der Waals surface area contributed by atoms with Crippen LogP contribution >= 0.6 is 0 Å². The van der Waals surface area contributed by atoms with Gasteiger partial charge in [0.15, 0.2) is 0 Å². The summed E-state index contributed by atoms with van der Waals surface area (Å²) in [5, 5.41) is 2.57. The van der Waals surface area contributed by atoms with Crippen LogP contribution in [0, 0.1) is 0 Å². The monoisotopic (exact) mass is 839 g/mol. The smallest absolute Gasteiger partial charge is 0.0760 e. The quantitative estimate of drug-likeness (QED) is 0.152. The van der Waals surface area contributed by atoms with E-state index in [4.69, 9.17) is 0 Å². The number of rotatable bonds is 5. The first-order chi connectivity index (χ1) is 32.5. The van der Waals surface area contributed by atoms with Gasteiger partial charge in [0.2, 0.25) is 0 Å². The van der Waals surface area contributed by atoms with E-state index in [0.717, 1.165) is 0 Å². The van der Waals surface area contributed by atoms with E-state index in [1.165, 1.54) is 122 Å². The van der Waals surface area contributed by atoms with E-state index in [1.807, 2.05) is 0 Å². The molecule has 0 N–H and O–H groups in total. The maximum absolute atomic E-state index is 2.58. The molecule has 11 aromatic rings. The molecule has 2 aliphatic carbocycles. The number of hydrogen-bond acceptors (Lipinski definition) is 0. The van der Waals surface area contributed by atoms with Crippen molar-refractivity contribution < 1.29 is 0 Å². The molecule has 14 rings (SSSR count). The highest BCUT2D eigenvalue weighted by Crippen LogP contribution is 2.63. The van der Waals surface area contributed by atoms with Crippen LogP contribution in [0.5, 0.6) is 0 Å². The summed E-state index contributed by atoms with van der Waals surface area (Å²) < 4.78 is 2.58. The van der Waals surface area contributed by atoms with Crippen molar-refractivity contribution in [2.45, 2.75) is 30.6 Å². The van der Waals surface area contributed by atoms with E-state index < -0.39 is 5.41 Å². The van der Waals surface area contributed by atoms with Crippen LogP contribution in [0.2, 0.25) is 0 Å². The molecule has 1 heteroatoms. The van der Waals surface area contributed by atoms with Gasteiger partial charge in [-0.25, -0.2) is 0 Å². The summed E-state index contributed by atoms with van der Waals surface area (Å²) in [5.74, 6) is -0.0760. The van der Waals surface area contributed by atoms with Crippen LogP contribution in [0.4, 0.5) is 0 Å². The summed E-state index contributed by atoms with van der Waals surface area (Å²) in [5.41, 5.74) is 25.4. The zero-order chi connectivity index (χ0) is 43.7. The van der Waals surface area contributed by atoms with Gasteiger partial charge in [0.1, 0.15) is 0 Å². The van der Waals surface area contributed by atoms with Crippen LogP contribution in [0.1, 0.15) is 69.8 Å². The van der Waals surface area contributed by atoms with Crippen LogP contribution in [-0.4, -0.2) is 4.57 Å². The fraction of sp³-hybridized carbons (Fsp3) is 0.0769. The van der Waals surface area contributed by atoms with Crippen molar-refractivity contribution in [3.05, 3.63) is 281 Å². The number of para-hydroxylation sites is 2. The molecule has 0 bridgehead atoms. The lowest BCUT2D eigenvalue weighted by Crippen LogP contribution is -2.34. The fourth-order valence-corrected chi connectivity index (χ4v) is 12.9. The summed E-state index contributed by atoms with van der Waals surface area (Å²) in [6.07, 6.45) is 0. The minimum atomic E-state index is -0.583. The predicted molar refractivity (Wildman–Crippen MR) is 274 cm³/mol. The molecule has 0 amide bonds. The van der Waals surface area contributed by atoms with E-state index in [9.17, 15) is 0 Å². The number of fused-ring (bicyclic) bond motifs is 15. The van der Waals surface area contributed by atoms with Crippen molar-refractivity contribution in [3.63, 3.8) is 0 Å². The van der Waals surface area contributed by atoms with Gasteiger partial charge in [-0.15, -0.1) is 0 Å². The Bertz CT molecular complexity index is 3740. The van der Waals surface area contributed by atoms with Gasteiger partial charge in [0, 0.05) is 27.7 Å². The Morgan fingerprint density at radius 2 is 0.894 bits per heavy atom. The Hall–Kier alpha value is -8.00. The summed E-state index contributed by atoms with van der Waals surface area (Å²) in [7, 11) is 0. The van der Waals surface area contributed by atoms with Gasteiger partial charge in [-0.3, -0.25) is 0 Å². The molecule has 1 atom stereocenters. The molecule has 0 saturated heterocycles. The van der Waals surface area contributed by atoms with Crippen LogP contribution in [0.3, 0.4) is 0 Å². The molecule has 0 radical (unpaired) electrons. The first kappa shape index (κ1) is 37.4. The van der Waals surface area contributed by atoms with Gasteiger partial charge in [-0.1, -0.05) is 232 Å². The highest BCUT2D eigenvalue weighted by Gasteiger charge is 2.52. The first-order valence-electron chi connectivity index (χ1n) is 23.4. The zero-order valence-electron chi connectivity index (χ0n) is 37.0. The second-order valence-corrected chi connectivity index (χ2v) is 19.0. The summed E-state index contributed by atoms with van der Waals surface area (Å²) in [6, 6.07) is 87.3. The minimum absolute atomic E-state index is 0.0760. The van der Waals surface area contributed by atoms with Crippen molar-refractivity contribution in [2.24, 2.45) is 0 Å². The van der Waals surface area contributed by atoms with Gasteiger partial charge < -0.3 is 4.57 Å². The molecule has 10 aromatic carbocycles. The lowest BCUT2D eigenvalue weighted by atomic mass is 9.63. The molecule has 310 valence electrons. The van der Waals surface area contributed by atoms with E-state index in [1.54, 1.807) is 0 Å². The number of hydrogen-bond donors (Lipinski definition) is 0. The van der Waals surface area contributed by atoms with Gasteiger partial charge in [-0.2, -0.15) is 0 Å². The van der Waals surface area contributed by atoms with Crippen LogP contribution in [-0.2, 0) is 10.8 Å². The SMILES string of the molecule is CC1(C)c2ccccc2-c2c(C(c3ccc(-c4ccccc4)cc3)c3ccccc3-c3cccc4c3C3(c5ccccc5-c5ccccc53)c3cccc5c6ccccc6n-4c35)cccc21. The second kappa shape index (κ2) is 13.8. The van der Waals surface area contributed by atoms with E-state index in [-0.39, 0.29) is 11.3 Å². The van der Waals surface area contributed by atoms with Crippen molar-refractivity contribution in [3.8, 4) is 50.2 Å². The third-order valence-electron chi connectivity index (χ3n) is 15.6. The second-order valence-electron chi connectivity index (χ2n) is 19.0. The lowest BCUT2D eigenvalue weighted by Gasteiger charge is -2.41. The Kier molecular flexibility index (Phi) is 7.79. The summed E-state index contributed by atoms with van der Waals surface area (Å²) >= 11 is 0. The molecule has 2 heterocycles. The van der Waals surface area contributed by atoms with Crippen molar-refractivity contribution in [1.82, 2.24) is 4.57 Å². The van der Waals surface area contributed by atoms with E-state index >= 15 is 0 Å². The normalized spacial score (nSPS) is 14.7. The molecule has 1 nitrogen and oxygen atoms in total. The average molecular weight is 840 g/mol. The van der Waals surface area contributed by atoms with Crippen LogP contribution in [0.15, 0.2) is 231 Å². The molecular weight excluding hydrogens is 795 g/mol. The Labute approximate surface area is 385 Å². The molecule has 1 unspecified atom stereocenters. The minimum Gasteiger partial charge on any atom is -0.309 e. The summed E-state index contributed by atoms with van der Waals surface area (Å²) in [4.78, 5) is 0. The number of aromatic nitrogens is 1. The highest BCUT2D eigenvalue weighted by molar-refractivity contribution is 6.13. The molecule has 1 spiro atoms. The first-order valence-corrected chi connectivity index (χ1v) is 23.4. The highest BCUT2D eigenvalue weighted by atomic mass is 15.0. The molecule has 0 saturated carbocycles. The summed E-state index contributed by atoms with van der Waals surface area (Å²) in [6.45, 7) is 4.79. The fourth-order valence-electron chi connectivity index (χ4n) is 12.9. The maximum atomic E-state index is 2.58. The predicted octanol–water partition coefficient (Wildman–Crippen LogP) is 16.3. The van der Waals surface area contributed by atoms with Gasteiger partial charge in [0.25, 0.3) is 0 Å². The van der Waals surface area contributed by atoms with E-state index in [2.05, 4.69) is 249 Å². The largest absolute Gasteiger partial charge is 0.309 e. The van der Waals surface area contributed by atoms with E-state index in [0.29, 0.717) is 0 Å². The maximum Gasteiger partial charge on any atom is 0.0760 e. The Balaban J connectivity index is 1.10. The molecule has 1 aromatic heterocycles. The standard InChI is InChI=1S/C65H45N/c1-64(2)53-30-12-10-26-51(53)61-52(29-17-33-56(61)64)60(43-39-37-42(38-40-43)41-19-4-3-5-20-41)48-25-7-6-21-44(48)49-27-18-36-59-62(49)65(54-31-13-8-22-45(54)46-23-9-14-32-55(46)65)57-34-16-28-50-47-24-11-15-35-58(47)66(59)63(50)57/h3-40,60H,1-2H3. The van der Waals surface area contributed by atoms with Crippen LogP contribution < -0.4 is 0 Å². The zero-order valence-corrected chi connectivity index (χ0v) is 37.0. The third-order valence-corrected chi connectivity index (χ3v) is 15.6.